The smallest absolute Gasteiger partial charge is 0.262 e. The molecule has 0 spiro atoms. The molecule has 0 aliphatic heterocycles. The first kappa shape index (κ1) is 13.8. The summed E-state index contributed by atoms with van der Waals surface area (Å²) < 4.78 is 0. The van der Waals surface area contributed by atoms with Crippen molar-refractivity contribution in [3.8, 4) is 0 Å². The van der Waals surface area contributed by atoms with E-state index in [0.717, 1.165) is 4.88 Å². The molecule has 1 aliphatic carbocycles. The van der Waals surface area contributed by atoms with Crippen molar-refractivity contribution in [1.82, 2.24) is 5.32 Å². The number of carbonyl (C=O) groups excluding carboxylic acids is 1. The average Bonchev–Trinajstić information content (AvgIpc) is 3.01. The summed E-state index contributed by atoms with van der Waals surface area (Å²) in [5.41, 5.74) is 2.49. The number of thiophene rings is 2. The molecule has 3 rings (SSSR count). The van der Waals surface area contributed by atoms with Gasteiger partial charge in [0.15, 0.2) is 0 Å². The summed E-state index contributed by atoms with van der Waals surface area (Å²) in [6.45, 7) is 6.30. The number of aryl methyl sites for hydroxylation is 2. The molecular formula is C16H19NOS2. The van der Waals surface area contributed by atoms with Gasteiger partial charge in [-0.15, -0.1) is 22.7 Å². The molecule has 0 unspecified atom stereocenters. The van der Waals surface area contributed by atoms with Gasteiger partial charge < -0.3 is 5.32 Å². The topological polar surface area (TPSA) is 29.1 Å². The zero-order valence-electron chi connectivity index (χ0n) is 12.0. The Balaban J connectivity index is 1.75. The summed E-state index contributed by atoms with van der Waals surface area (Å²) in [5.74, 6) is 0.708. The van der Waals surface area contributed by atoms with Gasteiger partial charge in [0.2, 0.25) is 0 Å². The second-order valence-electron chi connectivity index (χ2n) is 5.54. The predicted octanol–water partition coefficient (Wildman–Crippen LogP) is 4.79. The van der Waals surface area contributed by atoms with Gasteiger partial charge in [-0.3, -0.25) is 4.79 Å². The monoisotopic (exact) mass is 305 g/mol. The van der Waals surface area contributed by atoms with Crippen LogP contribution in [0.2, 0.25) is 0 Å². The third kappa shape index (κ3) is 2.67. The van der Waals surface area contributed by atoms with Gasteiger partial charge in [-0.05, 0) is 68.2 Å². The highest BCUT2D eigenvalue weighted by molar-refractivity contribution is 7.12. The molecule has 1 saturated carbocycles. The van der Waals surface area contributed by atoms with Crippen molar-refractivity contribution in [3.63, 3.8) is 0 Å². The normalized spacial score (nSPS) is 16.1. The maximum absolute atomic E-state index is 12.5. The molecular weight excluding hydrogens is 286 g/mol. The van der Waals surface area contributed by atoms with Gasteiger partial charge in [-0.1, -0.05) is 0 Å². The largest absolute Gasteiger partial charge is 0.345 e. The Bertz CT molecular complexity index is 637. The van der Waals surface area contributed by atoms with Crippen LogP contribution in [0.1, 0.15) is 62.3 Å². The second-order valence-corrected chi connectivity index (χ2v) is 7.92. The van der Waals surface area contributed by atoms with Crippen LogP contribution in [-0.4, -0.2) is 5.91 Å². The van der Waals surface area contributed by atoms with E-state index < -0.39 is 0 Å². The van der Waals surface area contributed by atoms with Crippen LogP contribution in [0.3, 0.4) is 0 Å². The Hall–Kier alpha value is -1.13. The first-order chi connectivity index (χ1) is 9.56. The Morgan fingerprint density at radius 2 is 2.15 bits per heavy atom. The van der Waals surface area contributed by atoms with Gasteiger partial charge in [0, 0.05) is 9.75 Å². The third-order valence-electron chi connectivity index (χ3n) is 3.81. The molecule has 1 fully saturated rings. The fourth-order valence-electron chi connectivity index (χ4n) is 2.64. The molecule has 0 aromatic carbocycles. The Kier molecular flexibility index (Phi) is 3.69. The van der Waals surface area contributed by atoms with Gasteiger partial charge in [0.1, 0.15) is 0 Å². The molecule has 4 heteroatoms. The summed E-state index contributed by atoms with van der Waals surface area (Å²) in [6, 6.07) is 4.37. The van der Waals surface area contributed by atoms with Gasteiger partial charge in [0.05, 0.1) is 10.9 Å². The third-order valence-corrected chi connectivity index (χ3v) is 5.72. The number of nitrogens with one attached hydrogen (secondary N) is 1. The van der Waals surface area contributed by atoms with Crippen LogP contribution in [0, 0.1) is 13.8 Å². The van der Waals surface area contributed by atoms with Crippen LogP contribution < -0.4 is 5.32 Å². The number of rotatable bonds is 4. The van der Waals surface area contributed by atoms with Crippen LogP contribution in [0.15, 0.2) is 17.5 Å². The van der Waals surface area contributed by atoms with Crippen molar-refractivity contribution in [1.29, 1.82) is 0 Å². The lowest BCUT2D eigenvalue weighted by Crippen LogP contribution is -2.26. The summed E-state index contributed by atoms with van der Waals surface area (Å²) >= 11 is 3.35. The van der Waals surface area contributed by atoms with Gasteiger partial charge in [-0.2, -0.15) is 0 Å². The zero-order valence-corrected chi connectivity index (χ0v) is 13.7. The molecule has 1 N–H and O–H groups in total. The SMILES string of the molecule is Cc1cc([C@H](C)NC(=O)c2sccc2C2CC2)c(C)s1. The lowest BCUT2D eigenvalue weighted by atomic mass is 10.1. The lowest BCUT2D eigenvalue weighted by Gasteiger charge is -2.14. The summed E-state index contributed by atoms with van der Waals surface area (Å²) in [6.07, 6.45) is 2.46. The van der Waals surface area contributed by atoms with E-state index in [2.05, 4.69) is 38.2 Å². The van der Waals surface area contributed by atoms with Crippen LogP contribution in [0.25, 0.3) is 0 Å². The second kappa shape index (κ2) is 5.34. The Morgan fingerprint density at radius 1 is 1.40 bits per heavy atom. The van der Waals surface area contributed by atoms with Gasteiger partial charge in [0.25, 0.3) is 5.91 Å². The van der Waals surface area contributed by atoms with Crippen LogP contribution in [-0.2, 0) is 0 Å². The highest BCUT2D eigenvalue weighted by Crippen LogP contribution is 2.43. The van der Waals surface area contributed by atoms with E-state index in [4.69, 9.17) is 0 Å². The number of hydrogen-bond acceptors (Lipinski definition) is 3. The van der Waals surface area contributed by atoms with Crippen molar-refractivity contribution < 1.29 is 4.79 Å². The number of carbonyl (C=O) groups is 1. The molecule has 1 atom stereocenters. The maximum atomic E-state index is 12.5. The predicted molar refractivity (Wildman–Crippen MR) is 86.0 cm³/mol. The molecule has 0 saturated heterocycles. The fraction of sp³-hybridized carbons (Fsp3) is 0.438. The van der Waals surface area contributed by atoms with Crippen molar-refractivity contribution >= 4 is 28.6 Å². The molecule has 2 heterocycles. The summed E-state index contributed by atoms with van der Waals surface area (Å²) in [5, 5.41) is 5.19. The van der Waals surface area contributed by atoms with E-state index in [0.29, 0.717) is 5.92 Å². The molecule has 2 aromatic rings. The van der Waals surface area contributed by atoms with Gasteiger partial charge in [-0.25, -0.2) is 0 Å². The zero-order chi connectivity index (χ0) is 14.3. The Morgan fingerprint density at radius 3 is 2.75 bits per heavy atom. The standard InChI is InChI=1S/C16H19NOS2/c1-9-8-14(11(3)20-9)10(2)17-16(18)15-13(6-7-19-15)12-4-5-12/h6-8,10,12H,4-5H2,1-3H3,(H,17,18)/t10-/m0/s1. The number of hydrogen-bond donors (Lipinski definition) is 1. The molecule has 2 nitrogen and oxygen atoms in total. The number of amides is 1. The molecule has 0 radical (unpaired) electrons. The first-order valence-corrected chi connectivity index (χ1v) is 8.71. The van der Waals surface area contributed by atoms with Crippen LogP contribution >= 0.6 is 22.7 Å². The minimum atomic E-state index is 0.0709. The molecule has 1 aliphatic rings. The quantitative estimate of drug-likeness (QED) is 0.864. The van der Waals surface area contributed by atoms with E-state index >= 15 is 0 Å². The van der Waals surface area contributed by atoms with Crippen LogP contribution in [0.4, 0.5) is 0 Å². The fourth-order valence-corrected chi connectivity index (χ4v) is 4.55. The van der Waals surface area contributed by atoms with E-state index in [1.807, 2.05) is 5.38 Å². The highest BCUT2D eigenvalue weighted by atomic mass is 32.1. The van der Waals surface area contributed by atoms with Crippen molar-refractivity contribution in [2.24, 2.45) is 0 Å². The van der Waals surface area contributed by atoms with Crippen LogP contribution in [0.5, 0.6) is 0 Å². The summed E-state index contributed by atoms with van der Waals surface area (Å²) in [4.78, 5) is 16.0. The van der Waals surface area contributed by atoms with E-state index in [1.54, 1.807) is 22.7 Å². The van der Waals surface area contributed by atoms with Gasteiger partial charge >= 0.3 is 0 Å². The van der Waals surface area contributed by atoms with E-state index in [-0.39, 0.29) is 11.9 Å². The molecule has 106 valence electrons. The molecule has 2 aromatic heterocycles. The minimum absolute atomic E-state index is 0.0709. The van der Waals surface area contributed by atoms with Crippen molar-refractivity contribution in [2.75, 3.05) is 0 Å². The Labute approximate surface area is 127 Å². The highest BCUT2D eigenvalue weighted by Gasteiger charge is 2.29. The van der Waals surface area contributed by atoms with Crippen molar-refractivity contribution in [2.45, 2.75) is 45.6 Å². The molecule has 1 amide bonds. The van der Waals surface area contributed by atoms with E-state index in [9.17, 15) is 4.79 Å². The minimum Gasteiger partial charge on any atom is -0.345 e. The van der Waals surface area contributed by atoms with E-state index in [1.165, 1.54) is 33.7 Å². The molecule has 20 heavy (non-hydrogen) atoms. The van der Waals surface area contributed by atoms with Crippen molar-refractivity contribution in [3.05, 3.63) is 43.3 Å². The molecule has 0 bridgehead atoms. The average molecular weight is 305 g/mol. The summed E-state index contributed by atoms with van der Waals surface area (Å²) in [7, 11) is 0. The first-order valence-electron chi connectivity index (χ1n) is 7.01. The lowest BCUT2D eigenvalue weighted by molar-refractivity contribution is 0.0943. The maximum Gasteiger partial charge on any atom is 0.262 e.